The molecule has 0 unspecified atom stereocenters. The molecule has 1 aliphatic carbocycles. The molecular formula is C42H64F3N3O4. The third-order valence-corrected chi connectivity index (χ3v) is 10.6. The van der Waals surface area contributed by atoms with Crippen LogP contribution in [-0.4, -0.2) is 52.4 Å². The number of ketones is 1. The molecule has 1 heterocycles. The molecule has 3 rings (SSSR count). The number of nitrogens with one attached hydrogen (secondary N) is 1. The summed E-state index contributed by atoms with van der Waals surface area (Å²) >= 11 is 0. The Morgan fingerprint density at radius 1 is 0.942 bits per heavy atom. The highest BCUT2D eigenvalue weighted by Crippen LogP contribution is 2.41. The molecule has 2 N–H and O–H groups in total. The molecule has 7 nitrogen and oxygen atoms in total. The van der Waals surface area contributed by atoms with Gasteiger partial charge < -0.3 is 20.1 Å². The Hall–Kier alpha value is -3.14. The number of benzene rings is 1. The highest BCUT2D eigenvalue weighted by Gasteiger charge is 2.37. The zero-order valence-corrected chi connectivity index (χ0v) is 33.0. The Kier molecular flexibility index (Phi) is 16.5. The number of Topliss-reactive ketones (excluding diaryl/α,β-unsaturated/α-hetero) is 1. The smallest absolute Gasteiger partial charge is 0.416 e. The Labute approximate surface area is 310 Å². The van der Waals surface area contributed by atoms with E-state index in [4.69, 9.17) is 9.73 Å². The normalized spacial score (nSPS) is 20.3. The van der Waals surface area contributed by atoms with Crippen LogP contribution in [0.4, 0.5) is 23.7 Å². The van der Waals surface area contributed by atoms with Gasteiger partial charge in [-0.25, -0.2) is 9.79 Å². The van der Waals surface area contributed by atoms with Crippen molar-refractivity contribution in [1.29, 1.82) is 0 Å². The summed E-state index contributed by atoms with van der Waals surface area (Å²) in [5, 5.41) is 13.1. The van der Waals surface area contributed by atoms with Gasteiger partial charge in [0.1, 0.15) is 11.4 Å². The summed E-state index contributed by atoms with van der Waals surface area (Å²) in [5.41, 5.74) is 2.66. The largest absolute Gasteiger partial charge is 0.444 e. The van der Waals surface area contributed by atoms with Crippen LogP contribution in [0.1, 0.15) is 162 Å². The summed E-state index contributed by atoms with van der Waals surface area (Å²) in [5.74, 6) is 0.397. The number of piperidine rings is 1. The highest BCUT2D eigenvalue weighted by molar-refractivity contribution is 6.02. The monoisotopic (exact) mass is 731 g/mol. The number of anilines is 1. The average molecular weight is 732 g/mol. The lowest BCUT2D eigenvalue weighted by atomic mass is 9.83. The number of hydrogen-bond acceptors (Lipinski definition) is 6. The number of amides is 1. The molecule has 1 saturated heterocycles. The topological polar surface area (TPSA) is 91.2 Å². The molecule has 1 aromatic rings. The van der Waals surface area contributed by atoms with Crippen molar-refractivity contribution in [2.24, 2.45) is 10.9 Å². The Morgan fingerprint density at radius 2 is 1.60 bits per heavy atom. The number of likely N-dealkylation sites (tertiary alicyclic amines) is 1. The molecule has 0 spiro atoms. The van der Waals surface area contributed by atoms with E-state index in [1.807, 2.05) is 6.92 Å². The van der Waals surface area contributed by atoms with Gasteiger partial charge >= 0.3 is 12.3 Å². The zero-order valence-electron chi connectivity index (χ0n) is 33.0. The number of aliphatic hydroxyl groups excluding tert-OH is 1. The van der Waals surface area contributed by atoms with Gasteiger partial charge in [-0.3, -0.25) is 4.79 Å². The van der Waals surface area contributed by atoms with Crippen LogP contribution in [0.25, 0.3) is 0 Å². The van der Waals surface area contributed by atoms with Gasteiger partial charge in [-0.1, -0.05) is 45.3 Å². The maximum atomic E-state index is 14.7. The SMILES string of the molecule is CCCCC(=O)/C(C)=C(/N=C(CCC[C@H]1CC[C@H](O)CC1)\C(CC)=C(/C)CC)Nc1ccc(C2CCN(C(=O)OC(C)(C)C)CC2)c(C(F)(F)F)c1. The van der Waals surface area contributed by atoms with E-state index in [2.05, 4.69) is 26.1 Å². The van der Waals surface area contributed by atoms with Crippen molar-refractivity contribution < 1.29 is 32.6 Å². The number of hydrogen-bond donors (Lipinski definition) is 2. The second kappa shape index (κ2) is 19.8. The van der Waals surface area contributed by atoms with Crippen LogP contribution in [0.3, 0.4) is 0 Å². The minimum Gasteiger partial charge on any atom is -0.444 e. The molecule has 2 aliphatic rings. The second-order valence-electron chi connectivity index (χ2n) is 15.8. The highest BCUT2D eigenvalue weighted by atomic mass is 19.4. The third-order valence-electron chi connectivity index (χ3n) is 10.6. The average Bonchev–Trinajstić information content (AvgIpc) is 3.09. The first kappa shape index (κ1) is 43.3. The summed E-state index contributed by atoms with van der Waals surface area (Å²) in [6.45, 7) is 16.0. The predicted molar refractivity (Wildman–Crippen MR) is 205 cm³/mol. The van der Waals surface area contributed by atoms with Crippen molar-refractivity contribution in [3.63, 3.8) is 0 Å². The Morgan fingerprint density at radius 3 is 2.15 bits per heavy atom. The lowest BCUT2D eigenvalue weighted by molar-refractivity contribution is -0.138. The summed E-state index contributed by atoms with van der Waals surface area (Å²) in [6.07, 6.45) is 5.31. The van der Waals surface area contributed by atoms with Gasteiger partial charge in [0.15, 0.2) is 5.78 Å². The second-order valence-corrected chi connectivity index (χ2v) is 15.8. The van der Waals surface area contributed by atoms with E-state index in [0.717, 1.165) is 75.1 Å². The van der Waals surface area contributed by atoms with Crippen LogP contribution < -0.4 is 5.32 Å². The fraction of sp³-hybridized carbons (Fsp3) is 0.690. The van der Waals surface area contributed by atoms with Crippen LogP contribution in [0, 0.1) is 5.92 Å². The molecule has 0 bridgehead atoms. The Bertz CT molecular complexity index is 1440. The van der Waals surface area contributed by atoms with Crippen molar-refractivity contribution in [2.45, 2.75) is 169 Å². The van der Waals surface area contributed by atoms with Crippen molar-refractivity contribution in [3.8, 4) is 0 Å². The van der Waals surface area contributed by atoms with Gasteiger partial charge in [0.2, 0.25) is 0 Å². The fourth-order valence-corrected chi connectivity index (χ4v) is 7.30. The molecule has 1 aliphatic heterocycles. The number of carbonyl (C=O) groups is 2. The van der Waals surface area contributed by atoms with E-state index >= 15 is 0 Å². The van der Waals surface area contributed by atoms with Gasteiger partial charge in [0, 0.05) is 36.5 Å². The van der Waals surface area contributed by atoms with Crippen molar-refractivity contribution in [3.05, 3.63) is 51.9 Å². The number of carbonyl (C=O) groups excluding carboxylic acids is 2. The first-order valence-electron chi connectivity index (χ1n) is 19.6. The minimum atomic E-state index is -4.61. The van der Waals surface area contributed by atoms with Crippen LogP contribution in [0.5, 0.6) is 0 Å². The molecule has 52 heavy (non-hydrogen) atoms. The molecule has 1 amide bonds. The van der Waals surface area contributed by atoms with E-state index in [0.29, 0.717) is 62.5 Å². The van der Waals surface area contributed by atoms with Gasteiger partial charge in [-0.05, 0) is 140 Å². The van der Waals surface area contributed by atoms with E-state index in [1.165, 1.54) is 11.6 Å². The molecule has 292 valence electrons. The molecule has 10 heteroatoms. The standard InChI is InChI=1S/C42H64F3N3O4/c1-9-12-16-38(50)29(5)39(47-37(34(11-3)28(4)10-2)15-13-14-30-17-20-33(49)21-18-30)46-32-19-22-35(36(27-32)42(43,44)45)31-23-25-48(26-24-31)40(51)52-41(6,7)8/h19,22,27,30-31,33,46,49H,9-18,20-21,23-26H2,1-8H3/b34-28+,39-29+,47-37-/t30-,33-. The number of nitrogens with zero attached hydrogens (tertiary/aromatic N) is 2. The van der Waals surface area contributed by atoms with Crippen LogP contribution in [0.2, 0.25) is 0 Å². The number of aliphatic hydroxyl groups is 1. The number of ether oxygens (including phenoxy) is 1. The maximum absolute atomic E-state index is 14.7. The first-order valence-corrected chi connectivity index (χ1v) is 19.6. The Balaban J connectivity index is 1.98. The lowest BCUT2D eigenvalue weighted by Gasteiger charge is -2.34. The minimum absolute atomic E-state index is 0.0770. The van der Waals surface area contributed by atoms with Crippen LogP contribution in [-0.2, 0) is 15.7 Å². The molecule has 2 fully saturated rings. The van der Waals surface area contributed by atoms with E-state index < -0.39 is 23.4 Å². The van der Waals surface area contributed by atoms with Gasteiger partial charge in [0.25, 0.3) is 0 Å². The quantitative estimate of drug-likeness (QED) is 0.138. The number of halogens is 3. The van der Waals surface area contributed by atoms with Gasteiger partial charge in [0.05, 0.1) is 11.7 Å². The van der Waals surface area contributed by atoms with Gasteiger partial charge in [-0.2, -0.15) is 13.2 Å². The number of allylic oxidation sites excluding steroid dienone is 3. The third kappa shape index (κ3) is 13.1. The van der Waals surface area contributed by atoms with Crippen LogP contribution >= 0.6 is 0 Å². The van der Waals surface area contributed by atoms with Crippen molar-refractivity contribution >= 4 is 23.3 Å². The molecule has 0 aromatic heterocycles. The maximum Gasteiger partial charge on any atom is 0.416 e. The zero-order chi connectivity index (χ0) is 38.6. The van der Waals surface area contributed by atoms with Crippen LogP contribution in [0.15, 0.2) is 45.7 Å². The predicted octanol–water partition coefficient (Wildman–Crippen LogP) is 11.5. The lowest BCUT2D eigenvalue weighted by Crippen LogP contribution is -2.41. The first-order chi connectivity index (χ1) is 24.5. The van der Waals surface area contributed by atoms with E-state index in [-0.39, 0.29) is 29.1 Å². The number of aliphatic imine (C=N–C) groups is 1. The molecular weight excluding hydrogens is 667 g/mol. The number of unbranched alkanes of at least 4 members (excludes halogenated alkanes) is 1. The van der Waals surface area contributed by atoms with E-state index in [1.54, 1.807) is 38.7 Å². The molecule has 1 saturated carbocycles. The number of rotatable bonds is 15. The summed E-state index contributed by atoms with van der Waals surface area (Å²) in [6, 6.07) is 4.32. The number of alkyl halides is 3. The molecule has 0 atom stereocenters. The summed E-state index contributed by atoms with van der Waals surface area (Å²) < 4.78 is 49.6. The fourth-order valence-electron chi connectivity index (χ4n) is 7.30. The molecule has 1 aromatic carbocycles. The summed E-state index contributed by atoms with van der Waals surface area (Å²) in [4.78, 5) is 32.7. The van der Waals surface area contributed by atoms with Crippen molar-refractivity contribution in [1.82, 2.24) is 4.90 Å². The van der Waals surface area contributed by atoms with Gasteiger partial charge in [-0.15, -0.1) is 0 Å². The molecule has 0 radical (unpaired) electrons. The summed E-state index contributed by atoms with van der Waals surface area (Å²) in [7, 11) is 0. The van der Waals surface area contributed by atoms with E-state index in [9.17, 15) is 27.9 Å². The van der Waals surface area contributed by atoms with Crippen molar-refractivity contribution in [2.75, 3.05) is 18.4 Å².